The molecule has 212 valence electrons. The van der Waals surface area contributed by atoms with Crippen LogP contribution in [0.2, 0.25) is 0 Å². The number of anilines is 1. The summed E-state index contributed by atoms with van der Waals surface area (Å²) in [5.74, 6) is -1.79. The number of fused-ring (bicyclic) bond motifs is 1. The molecular formula is C31H42N2O6. The van der Waals surface area contributed by atoms with Gasteiger partial charge in [0.2, 0.25) is 5.91 Å². The number of likely N-dealkylation sites (tertiary alicyclic amines) is 1. The molecule has 0 unspecified atom stereocenters. The third-order valence-electron chi connectivity index (χ3n) is 7.42. The highest BCUT2D eigenvalue weighted by atomic mass is 16.5. The first-order chi connectivity index (χ1) is 18.9. The summed E-state index contributed by atoms with van der Waals surface area (Å²) >= 11 is 0. The second-order valence-corrected chi connectivity index (χ2v) is 10.2. The molecule has 2 aromatic carbocycles. The molecule has 0 bridgehead atoms. The Labute approximate surface area is 231 Å². The Morgan fingerprint density at radius 2 is 1.62 bits per heavy atom. The number of amides is 1. The average Bonchev–Trinajstić information content (AvgIpc) is 2.95. The minimum absolute atomic E-state index is 0.259. The zero-order chi connectivity index (χ0) is 28.0. The quantitative estimate of drug-likeness (QED) is 0.293. The van der Waals surface area contributed by atoms with Crippen LogP contribution in [-0.2, 0) is 20.8 Å². The number of ether oxygens (including phenoxy) is 1. The second-order valence-electron chi connectivity index (χ2n) is 10.2. The van der Waals surface area contributed by atoms with Crippen molar-refractivity contribution in [2.45, 2.75) is 70.6 Å². The van der Waals surface area contributed by atoms with E-state index < -0.39 is 11.9 Å². The van der Waals surface area contributed by atoms with Crippen molar-refractivity contribution in [2.24, 2.45) is 0 Å². The van der Waals surface area contributed by atoms with Crippen molar-refractivity contribution in [3.05, 3.63) is 59.7 Å². The van der Waals surface area contributed by atoms with Crippen LogP contribution in [0.15, 0.2) is 48.5 Å². The fourth-order valence-corrected chi connectivity index (χ4v) is 5.24. The van der Waals surface area contributed by atoms with Gasteiger partial charge in [-0.2, -0.15) is 0 Å². The summed E-state index contributed by atoms with van der Waals surface area (Å²) in [4.78, 5) is 35.3. The number of aryl methyl sites for hydroxylation is 1. The lowest BCUT2D eigenvalue weighted by molar-refractivity contribution is -0.159. The number of carboxylic acid groups (broad SMARTS) is 2. The maximum Gasteiger partial charge on any atom is 0.414 e. The molecule has 0 spiro atoms. The van der Waals surface area contributed by atoms with Crippen LogP contribution in [0.25, 0.3) is 0 Å². The molecule has 39 heavy (non-hydrogen) atoms. The van der Waals surface area contributed by atoms with E-state index in [0.29, 0.717) is 12.3 Å². The van der Waals surface area contributed by atoms with E-state index in [1.54, 1.807) is 0 Å². The molecule has 0 radical (unpaired) electrons. The minimum Gasteiger partial charge on any atom is -0.493 e. The van der Waals surface area contributed by atoms with E-state index in [-0.39, 0.29) is 5.91 Å². The van der Waals surface area contributed by atoms with Gasteiger partial charge >= 0.3 is 11.9 Å². The highest BCUT2D eigenvalue weighted by molar-refractivity contribution is 6.27. The van der Waals surface area contributed by atoms with Crippen LogP contribution in [0, 0.1) is 0 Å². The monoisotopic (exact) mass is 538 g/mol. The maximum absolute atomic E-state index is 12.6. The van der Waals surface area contributed by atoms with E-state index in [0.717, 1.165) is 50.4 Å². The van der Waals surface area contributed by atoms with Crippen molar-refractivity contribution in [3.63, 3.8) is 0 Å². The van der Waals surface area contributed by atoms with Gasteiger partial charge in [0.05, 0.1) is 12.3 Å². The second kappa shape index (κ2) is 15.9. The molecule has 2 aliphatic rings. The van der Waals surface area contributed by atoms with Crippen LogP contribution in [-0.4, -0.2) is 65.7 Å². The lowest BCUT2D eigenvalue weighted by Crippen LogP contribution is -2.36. The third kappa shape index (κ3) is 9.70. The van der Waals surface area contributed by atoms with Crippen molar-refractivity contribution in [3.8, 4) is 5.75 Å². The molecule has 0 aromatic heterocycles. The topological polar surface area (TPSA) is 107 Å². The first-order valence-electron chi connectivity index (χ1n) is 14.2. The number of unbranched alkanes of at least 4 members (excludes halogenated alkanes) is 3. The number of piperidine rings is 1. The average molecular weight is 539 g/mol. The van der Waals surface area contributed by atoms with E-state index in [2.05, 4.69) is 60.4 Å². The molecule has 0 saturated carbocycles. The number of hydrogen-bond acceptors (Lipinski definition) is 5. The summed E-state index contributed by atoms with van der Waals surface area (Å²) in [6.45, 7) is 7.21. The largest absolute Gasteiger partial charge is 0.493 e. The Morgan fingerprint density at radius 3 is 2.28 bits per heavy atom. The van der Waals surface area contributed by atoms with Crippen molar-refractivity contribution < 1.29 is 29.3 Å². The molecule has 8 heteroatoms. The molecule has 2 aromatic rings. The van der Waals surface area contributed by atoms with Gasteiger partial charge in [-0.3, -0.25) is 4.79 Å². The number of carbonyl (C=O) groups excluding carboxylic acids is 1. The maximum atomic E-state index is 12.6. The van der Waals surface area contributed by atoms with Crippen LogP contribution < -0.4 is 9.64 Å². The zero-order valence-corrected chi connectivity index (χ0v) is 23.0. The normalized spacial score (nSPS) is 15.7. The van der Waals surface area contributed by atoms with Gasteiger partial charge in [0, 0.05) is 25.6 Å². The van der Waals surface area contributed by atoms with Gasteiger partial charge in [-0.05, 0) is 68.3 Å². The molecule has 2 N–H and O–H groups in total. The van der Waals surface area contributed by atoms with Crippen molar-refractivity contribution >= 4 is 23.5 Å². The lowest BCUT2D eigenvalue weighted by Gasteiger charge is -2.32. The molecular weight excluding hydrogens is 496 g/mol. The first-order valence-corrected chi connectivity index (χ1v) is 14.2. The van der Waals surface area contributed by atoms with Crippen LogP contribution in [0.4, 0.5) is 5.69 Å². The summed E-state index contributed by atoms with van der Waals surface area (Å²) in [6.07, 6.45) is 9.72. The molecule has 1 fully saturated rings. The minimum atomic E-state index is -1.82. The number of aliphatic carboxylic acids is 2. The van der Waals surface area contributed by atoms with Gasteiger partial charge < -0.3 is 24.7 Å². The van der Waals surface area contributed by atoms with E-state index in [1.165, 1.54) is 56.3 Å². The fourth-order valence-electron chi connectivity index (χ4n) is 5.24. The van der Waals surface area contributed by atoms with Gasteiger partial charge in [0.1, 0.15) is 5.75 Å². The summed E-state index contributed by atoms with van der Waals surface area (Å²) in [6, 6.07) is 17.3. The van der Waals surface area contributed by atoms with Gasteiger partial charge in [0.15, 0.2) is 0 Å². The molecule has 8 nitrogen and oxygen atoms in total. The van der Waals surface area contributed by atoms with Gasteiger partial charge in [-0.25, -0.2) is 9.59 Å². The van der Waals surface area contributed by atoms with Crippen LogP contribution in [0.5, 0.6) is 5.75 Å². The van der Waals surface area contributed by atoms with Crippen LogP contribution in [0.3, 0.4) is 0 Å². The number of carbonyl (C=O) groups is 3. The standard InChI is InChI=1S/C29H40N2O2.C2H2O4/c1-2-3-4-8-19-31-28-23-27(14-12-26(28)13-15-29(31)32)33-22-9-18-30-20-16-25(17-21-30)24-10-6-5-7-11-24;3-1(4)2(5)6/h5-7,10-12,14,23,25H,2-4,8-9,13,15-22H2,1H3;(H,3,4)(H,5,6). The molecule has 4 rings (SSSR count). The van der Waals surface area contributed by atoms with E-state index in [1.807, 2.05) is 4.90 Å². The SMILES string of the molecule is CCCCCCN1C(=O)CCc2ccc(OCCCN3CCC(c4ccccc4)CC3)cc21.O=C(O)C(=O)O. The number of nitrogens with zero attached hydrogens (tertiary/aromatic N) is 2. The zero-order valence-electron chi connectivity index (χ0n) is 23.0. The molecule has 0 aliphatic carbocycles. The van der Waals surface area contributed by atoms with E-state index in [9.17, 15) is 4.79 Å². The molecule has 2 heterocycles. The van der Waals surface area contributed by atoms with Gasteiger partial charge in [-0.1, -0.05) is 62.6 Å². The van der Waals surface area contributed by atoms with Gasteiger partial charge in [-0.15, -0.1) is 0 Å². The van der Waals surface area contributed by atoms with Gasteiger partial charge in [0.25, 0.3) is 0 Å². The smallest absolute Gasteiger partial charge is 0.414 e. The van der Waals surface area contributed by atoms with Crippen molar-refractivity contribution in [1.29, 1.82) is 0 Å². The molecule has 1 amide bonds. The highest BCUT2D eigenvalue weighted by Crippen LogP contribution is 2.32. The highest BCUT2D eigenvalue weighted by Gasteiger charge is 2.24. The first kappa shape index (κ1) is 30.2. The third-order valence-corrected chi connectivity index (χ3v) is 7.42. The van der Waals surface area contributed by atoms with Crippen LogP contribution in [0.1, 0.15) is 75.3 Å². The summed E-state index contributed by atoms with van der Waals surface area (Å²) in [7, 11) is 0. The Balaban J connectivity index is 0.000000631. The summed E-state index contributed by atoms with van der Waals surface area (Å²) in [5.41, 5.74) is 3.84. The number of benzene rings is 2. The van der Waals surface area contributed by atoms with Crippen LogP contribution >= 0.6 is 0 Å². The van der Waals surface area contributed by atoms with Crippen molar-refractivity contribution in [2.75, 3.05) is 37.7 Å². The Morgan fingerprint density at radius 1 is 0.897 bits per heavy atom. The Bertz CT molecular complexity index is 1050. The summed E-state index contributed by atoms with van der Waals surface area (Å²) < 4.78 is 6.12. The number of hydrogen-bond donors (Lipinski definition) is 2. The summed E-state index contributed by atoms with van der Waals surface area (Å²) in [5, 5.41) is 14.8. The number of carboxylic acids is 2. The predicted molar refractivity (Wildman–Crippen MR) is 151 cm³/mol. The Kier molecular flexibility index (Phi) is 12.3. The van der Waals surface area contributed by atoms with E-state index in [4.69, 9.17) is 24.5 Å². The lowest BCUT2D eigenvalue weighted by atomic mass is 9.89. The van der Waals surface area contributed by atoms with E-state index >= 15 is 0 Å². The van der Waals surface area contributed by atoms with Crippen molar-refractivity contribution in [1.82, 2.24) is 4.90 Å². The molecule has 2 aliphatic heterocycles. The predicted octanol–water partition coefficient (Wildman–Crippen LogP) is 5.35. The Hall–Kier alpha value is -3.39. The molecule has 1 saturated heterocycles. The number of rotatable bonds is 11. The molecule has 0 atom stereocenters. The fraction of sp³-hybridized carbons (Fsp3) is 0.516.